The molecule has 2 heteroatoms. The zero-order chi connectivity index (χ0) is 27.6. The van der Waals surface area contributed by atoms with Crippen molar-refractivity contribution in [2.24, 2.45) is 0 Å². The second kappa shape index (κ2) is 14.3. The van der Waals surface area contributed by atoms with E-state index in [9.17, 15) is 10.2 Å². The van der Waals surface area contributed by atoms with E-state index in [2.05, 4.69) is 79.7 Å². The van der Waals surface area contributed by atoms with Gasteiger partial charge in [-0.15, -0.1) is 0 Å². The zero-order valence-electron chi connectivity index (χ0n) is 25.4. The Balaban J connectivity index is 1.77. The number of benzene rings is 2. The maximum Gasteiger partial charge on any atom is 0.122 e. The Morgan fingerprint density at radius 2 is 0.811 bits per heavy atom. The maximum atomic E-state index is 10.8. The van der Waals surface area contributed by atoms with E-state index in [0.717, 1.165) is 60.8 Å². The van der Waals surface area contributed by atoms with Gasteiger partial charge in [-0.05, 0) is 82.7 Å². The summed E-state index contributed by atoms with van der Waals surface area (Å²) < 4.78 is 0. The predicted octanol–water partition coefficient (Wildman–Crippen LogP) is 10.1. The lowest BCUT2D eigenvalue weighted by molar-refractivity contribution is 0.438. The largest absolute Gasteiger partial charge is 0.507 e. The van der Waals surface area contributed by atoms with Gasteiger partial charge >= 0.3 is 0 Å². The number of rotatable bonds is 14. The topological polar surface area (TPSA) is 40.5 Å². The van der Waals surface area contributed by atoms with E-state index in [1.165, 1.54) is 56.1 Å². The molecule has 0 aromatic heterocycles. The van der Waals surface area contributed by atoms with Crippen molar-refractivity contribution in [3.63, 3.8) is 0 Å². The summed E-state index contributed by atoms with van der Waals surface area (Å²) in [6, 6.07) is 8.98. The van der Waals surface area contributed by atoms with Crippen LogP contribution in [0.25, 0.3) is 0 Å². The highest BCUT2D eigenvalue weighted by Crippen LogP contribution is 2.36. The van der Waals surface area contributed by atoms with Crippen LogP contribution in [0.3, 0.4) is 0 Å². The molecule has 0 radical (unpaired) electrons. The number of aromatic hydroxyl groups is 2. The monoisotopic (exact) mass is 508 g/mol. The molecule has 2 N–H and O–H groups in total. The van der Waals surface area contributed by atoms with Crippen molar-refractivity contribution in [2.75, 3.05) is 0 Å². The fourth-order valence-electron chi connectivity index (χ4n) is 5.42. The van der Waals surface area contributed by atoms with Crippen molar-refractivity contribution >= 4 is 0 Å². The van der Waals surface area contributed by atoms with E-state index < -0.39 is 0 Å². The third kappa shape index (κ3) is 9.69. The summed E-state index contributed by atoms with van der Waals surface area (Å²) in [6.45, 7) is 17.5. The number of phenols is 2. The molecule has 0 heterocycles. The molecule has 0 atom stereocenters. The minimum atomic E-state index is -0.0331. The Bertz CT molecular complexity index is 893. The van der Waals surface area contributed by atoms with Crippen LogP contribution < -0.4 is 0 Å². The molecular weight excluding hydrogens is 452 g/mol. The third-order valence-electron chi connectivity index (χ3n) is 7.58. The van der Waals surface area contributed by atoms with Gasteiger partial charge in [0, 0.05) is 0 Å². The van der Waals surface area contributed by atoms with Crippen molar-refractivity contribution in [3.8, 4) is 11.5 Å². The van der Waals surface area contributed by atoms with Crippen LogP contribution in [0.15, 0.2) is 24.3 Å². The Hall–Kier alpha value is -1.96. The lowest BCUT2D eigenvalue weighted by Gasteiger charge is -2.23. The van der Waals surface area contributed by atoms with E-state index in [0.29, 0.717) is 11.5 Å². The van der Waals surface area contributed by atoms with Crippen LogP contribution in [-0.2, 0) is 36.5 Å². The molecule has 2 nitrogen and oxygen atoms in total. The van der Waals surface area contributed by atoms with E-state index in [-0.39, 0.29) is 10.8 Å². The van der Waals surface area contributed by atoms with Gasteiger partial charge in [-0.25, -0.2) is 0 Å². The average Bonchev–Trinajstić information content (AvgIpc) is 2.80. The third-order valence-corrected chi connectivity index (χ3v) is 7.58. The second-order valence-electron chi connectivity index (χ2n) is 13.3. The summed E-state index contributed by atoms with van der Waals surface area (Å²) in [5, 5.41) is 21.5. The molecule has 208 valence electrons. The van der Waals surface area contributed by atoms with Crippen LogP contribution in [0.2, 0.25) is 0 Å². The molecule has 0 fully saturated rings. The second-order valence-corrected chi connectivity index (χ2v) is 13.3. The normalized spacial score (nSPS) is 12.3. The molecule has 0 amide bonds. The molecule has 0 saturated carbocycles. The van der Waals surface area contributed by atoms with Gasteiger partial charge in [0.1, 0.15) is 11.5 Å². The molecule has 0 unspecified atom stereocenters. The van der Waals surface area contributed by atoms with E-state index in [4.69, 9.17) is 0 Å². The van der Waals surface area contributed by atoms with Gasteiger partial charge in [0.05, 0.1) is 0 Å². The Labute approximate surface area is 228 Å². The molecule has 2 rings (SSSR count). The van der Waals surface area contributed by atoms with E-state index in [1.807, 2.05) is 0 Å². The Kier molecular flexibility index (Phi) is 12.1. The molecule has 2 aromatic carbocycles. The predicted molar refractivity (Wildman–Crippen MR) is 161 cm³/mol. The molecule has 0 aliphatic heterocycles. The van der Waals surface area contributed by atoms with Crippen molar-refractivity contribution in [1.82, 2.24) is 0 Å². The number of hydrogen-bond acceptors (Lipinski definition) is 2. The van der Waals surface area contributed by atoms with Crippen LogP contribution in [0.1, 0.15) is 147 Å². The highest BCUT2D eigenvalue weighted by atomic mass is 16.3. The molecule has 37 heavy (non-hydrogen) atoms. The first kappa shape index (κ1) is 31.3. The molecular formula is C35H56O2. The fourth-order valence-corrected chi connectivity index (χ4v) is 5.42. The van der Waals surface area contributed by atoms with Crippen LogP contribution >= 0.6 is 0 Å². The highest BCUT2D eigenvalue weighted by Gasteiger charge is 2.22. The maximum absolute atomic E-state index is 10.8. The van der Waals surface area contributed by atoms with Crippen LogP contribution in [0, 0.1) is 0 Å². The molecule has 0 spiro atoms. The van der Waals surface area contributed by atoms with Gasteiger partial charge in [0.25, 0.3) is 0 Å². The van der Waals surface area contributed by atoms with Gasteiger partial charge in [-0.3, -0.25) is 0 Å². The average molecular weight is 509 g/mol. The summed E-state index contributed by atoms with van der Waals surface area (Å²) in [6.07, 6.45) is 15.2. The minimum absolute atomic E-state index is 0.0331. The van der Waals surface area contributed by atoms with Gasteiger partial charge in [0.15, 0.2) is 0 Å². The lowest BCUT2D eigenvalue weighted by atomic mass is 9.83. The van der Waals surface area contributed by atoms with E-state index in [1.54, 1.807) is 0 Å². The van der Waals surface area contributed by atoms with Crippen molar-refractivity contribution in [3.05, 3.63) is 57.6 Å². The van der Waals surface area contributed by atoms with Crippen molar-refractivity contribution < 1.29 is 10.2 Å². The molecule has 0 aliphatic rings. The first-order valence-electron chi connectivity index (χ1n) is 15.1. The summed E-state index contributed by atoms with van der Waals surface area (Å²) in [5.74, 6) is 1.03. The van der Waals surface area contributed by atoms with E-state index >= 15 is 0 Å². The number of phenolic OH excluding ortho intramolecular Hbond substituents is 2. The number of hydrogen-bond donors (Lipinski definition) is 2. The standard InChI is InChI=1S/C35H56O2/c1-9-18-28-22-26(24-30(32(28)36)34(3,4)5)20-16-14-12-11-13-15-17-21-27-23-29(19-10-2)33(37)31(25-27)35(6,7)8/h22-25,36-37H,9-21H2,1-8H3. The van der Waals surface area contributed by atoms with Crippen molar-refractivity contribution in [1.29, 1.82) is 0 Å². The fraction of sp³-hybridized carbons (Fsp3) is 0.657. The Morgan fingerprint density at radius 3 is 1.11 bits per heavy atom. The first-order chi connectivity index (χ1) is 17.4. The first-order valence-corrected chi connectivity index (χ1v) is 15.1. The molecule has 2 aromatic rings. The Morgan fingerprint density at radius 1 is 0.486 bits per heavy atom. The van der Waals surface area contributed by atoms with Gasteiger partial charge in [-0.2, -0.15) is 0 Å². The van der Waals surface area contributed by atoms with Crippen LogP contribution in [-0.4, -0.2) is 10.2 Å². The van der Waals surface area contributed by atoms with Crippen LogP contribution in [0.5, 0.6) is 11.5 Å². The zero-order valence-corrected chi connectivity index (χ0v) is 25.4. The molecule has 0 saturated heterocycles. The minimum Gasteiger partial charge on any atom is -0.507 e. The quantitative estimate of drug-likeness (QED) is 0.249. The number of aryl methyl sites for hydroxylation is 4. The number of unbranched alkanes of at least 4 members (excludes halogenated alkanes) is 6. The summed E-state index contributed by atoms with van der Waals surface area (Å²) in [4.78, 5) is 0. The smallest absolute Gasteiger partial charge is 0.122 e. The summed E-state index contributed by atoms with van der Waals surface area (Å²) in [5.41, 5.74) is 7.14. The lowest BCUT2D eigenvalue weighted by Crippen LogP contribution is -2.13. The summed E-state index contributed by atoms with van der Waals surface area (Å²) >= 11 is 0. The molecule has 0 aliphatic carbocycles. The van der Waals surface area contributed by atoms with Crippen molar-refractivity contribution in [2.45, 2.75) is 150 Å². The highest BCUT2D eigenvalue weighted by molar-refractivity contribution is 5.48. The van der Waals surface area contributed by atoms with Gasteiger partial charge in [-0.1, -0.05) is 125 Å². The van der Waals surface area contributed by atoms with Gasteiger partial charge in [0.2, 0.25) is 0 Å². The molecule has 0 bridgehead atoms. The summed E-state index contributed by atoms with van der Waals surface area (Å²) in [7, 11) is 0. The SMILES string of the molecule is CCCc1cc(CCCCCCCCCc2cc(CCC)c(O)c(C(C)(C)C)c2)cc(C(C)(C)C)c1O. The van der Waals surface area contributed by atoms with Crippen LogP contribution in [0.4, 0.5) is 0 Å². The van der Waals surface area contributed by atoms with Gasteiger partial charge < -0.3 is 10.2 Å².